The number of ether oxygens (including phenoxy) is 3. The molecule has 2 aromatic heterocycles. The summed E-state index contributed by atoms with van der Waals surface area (Å²) in [5.41, 5.74) is 3.02. The number of aromatic nitrogens is 1. The summed E-state index contributed by atoms with van der Waals surface area (Å²) in [5.74, 6) is 3.08. The smallest absolute Gasteiger partial charge is 0.190 e. The van der Waals surface area contributed by atoms with Crippen LogP contribution in [0.4, 0.5) is 5.69 Å². The molecule has 0 aliphatic heterocycles. The van der Waals surface area contributed by atoms with E-state index in [0.717, 1.165) is 57.7 Å². The lowest BCUT2D eigenvalue weighted by molar-refractivity contribution is 0.354. The highest BCUT2D eigenvalue weighted by molar-refractivity contribution is 7.07. The summed E-state index contributed by atoms with van der Waals surface area (Å²) < 4.78 is 23.9. The summed E-state index contributed by atoms with van der Waals surface area (Å²) in [4.78, 5) is 5.76. The van der Waals surface area contributed by atoms with E-state index in [9.17, 15) is 0 Å². The SMILES string of the molecule is COc1ccc(N=c2scc(-c3ccco3)n2CCc2ccc(OC)c(OC)c2)cc1. The van der Waals surface area contributed by atoms with Crippen molar-refractivity contribution in [2.75, 3.05) is 21.3 Å². The summed E-state index contributed by atoms with van der Waals surface area (Å²) in [6.45, 7) is 0.740. The van der Waals surface area contributed by atoms with E-state index in [1.807, 2.05) is 48.5 Å². The van der Waals surface area contributed by atoms with Gasteiger partial charge in [0.05, 0.1) is 39.0 Å². The van der Waals surface area contributed by atoms with E-state index < -0.39 is 0 Å². The Labute approximate surface area is 185 Å². The van der Waals surface area contributed by atoms with E-state index in [2.05, 4.69) is 16.0 Å². The van der Waals surface area contributed by atoms with Crippen LogP contribution >= 0.6 is 11.3 Å². The molecule has 0 amide bonds. The molecule has 0 saturated carbocycles. The van der Waals surface area contributed by atoms with Crippen molar-refractivity contribution in [3.8, 4) is 28.7 Å². The minimum absolute atomic E-state index is 0.723. The molecule has 2 aromatic carbocycles. The van der Waals surface area contributed by atoms with Crippen molar-refractivity contribution < 1.29 is 18.6 Å². The van der Waals surface area contributed by atoms with E-state index in [1.54, 1.807) is 38.9 Å². The Morgan fingerprint density at radius 2 is 1.74 bits per heavy atom. The van der Waals surface area contributed by atoms with Crippen LogP contribution in [0.3, 0.4) is 0 Å². The number of furan rings is 1. The number of hydrogen-bond acceptors (Lipinski definition) is 6. The van der Waals surface area contributed by atoms with Gasteiger partial charge in [-0.15, -0.1) is 11.3 Å². The van der Waals surface area contributed by atoms with E-state index in [0.29, 0.717) is 0 Å². The van der Waals surface area contributed by atoms with Gasteiger partial charge in [0.25, 0.3) is 0 Å². The normalized spacial score (nSPS) is 11.5. The minimum atomic E-state index is 0.723. The first kappa shape index (κ1) is 20.8. The van der Waals surface area contributed by atoms with Crippen molar-refractivity contribution in [2.45, 2.75) is 13.0 Å². The van der Waals surface area contributed by atoms with Crippen LogP contribution in [0.2, 0.25) is 0 Å². The lowest BCUT2D eigenvalue weighted by Gasteiger charge is -2.11. The molecule has 0 atom stereocenters. The van der Waals surface area contributed by atoms with Crippen molar-refractivity contribution in [1.82, 2.24) is 4.57 Å². The van der Waals surface area contributed by atoms with Gasteiger partial charge in [-0.25, -0.2) is 4.99 Å². The standard InChI is InChI=1S/C24H24N2O4S/c1-27-19-9-7-18(8-10-19)25-24-26(20(16-31-24)21-5-4-14-30-21)13-12-17-6-11-22(28-2)23(15-17)29-3/h4-11,14-16H,12-13H2,1-3H3. The summed E-state index contributed by atoms with van der Waals surface area (Å²) in [6.07, 6.45) is 2.49. The first-order chi connectivity index (χ1) is 15.2. The second-order valence-corrected chi connectivity index (χ2v) is 7.62. The molecule has 2 heterocycles. The molecule has 4 rings (SSSR count). The number of rotatable bonds is 8. The van der Waals surface area contributed by atoms with Crippen LogP contribution in [-0.2, 0) is 13.0 Å². The molecule has 31 heavy (non-hydrogen) atoms. The monoisotopic (exact) mass is 436 g/mol. The number of hydrogen-bond donors (Lipinski definition) is 0. The minimum Gasteiger partial charge on any atom is -0.497 e. The van der Waals surface area contributed by atoms with Crippen molar-refractivity contribution in [3.63, 3.8) is 0 Å². The second kappa shape index (κ2) is 9.57. The number of thiazole rings is 1. The van der Waals surface area contributed by atoms with Crippen LogP contribution < -0.4 is 19.0 Å². The molecule has 0 N–H and O–H groups in total. The van der Waals surface area contributed by atoms with Gasteiger partial charge in [-0.3, -0.25) is 0 Å². The third-order valence-corrected chi connectivity index (χ3v) is 5.80. The summed E-state index contributed by atoms with van der Waals surface area (Å²) in [5, 5.41) is 2.08. The number of aryl methyl sites for hydroxylation is 1. The van der Waals surface area contributed by atoms with Crippen LogP contribution in [0.25, 0.3) is 11.5 Å². The lowest BCUT2D eigenvalue weighted by atomic mass is 10.1. The highest BCUT2D eigenvalue weighted by Gasteiger charge is 2.12. The molecular weight excluding hydrogens is 412 g/mol. The van der Waals surface area contributed by atoms with E-state index in [-0.39, 0.29) is 0 Å². The topological polar surface area (TPSA) is 58.1 Å². The fourth-order valence-corrected chi connectivity index (χ4v) is 4.24. The van der Waals surface area contributed by atoms with E-state index in [4.69, 9.17) is 23.6 Å². The van der Waals surface area contributed by atoms with Crippen molar-refractivity contribution >= 4 is 17.0 Å². The predicted molar refractivity (Wildman–Crippen MR) is 121 cm³/mol. The Morgan fingerprint density at radius 1 is 0.935 bits per heavy atom. The van der Waals surface area contributed by atoms with E-state index in [1.165, 1.54) is 0 Å². The van der Waals surface area contributed by atoms with Gasteiger partial charge in [-0.1, -0.05) is 6.07 Å². The predicted octanol–water partition coefficient (Wildman–Crippen LogP) is 5.31. The Balaban J connectivity index is 1.68. The fraction of sp³-hybridized carbons (Fsp3) is 0.208. The van der Waals surface area contributed by atoms with Crippen LogP contribution in [0, 0.1) is 0 Å². The molecule has 7 heteroatoms. The quantitative estimate of drug-likeness (QED) is 0.376. The van der Waals surface area contributed by atoms with Crippen LogP contribution in [0.5, 0.6) is 17.2 Å². The lowest BCUT2D eigenvalue weighted by Crippen LogP contribution is -2.17. The Hall–Kier alpha value is -3.45. The van der Waals surface area contributed by atoms with E-state index >= 15 is 0 Å². The number of methoxy groups -OCH3 is 3. The zero-order chi connectivity index (χ0) is 21.6. The molecule has 0 aliphatic rings. The number of benzene rings is 2. The largest absolute Gasteiger partial charge is 0.497 e. The third kappa shape index (κ3) is 4.67. The maximum atomic E-state index is 5.66. The second-order valence-electron chi connectivity index (χ2n) is 6.78. The van der Waals surface area contributed by atoms with Crippen LogP contribution in [0.15, 0.2) is 75.7 Å². The Kier molecular flexibility index (Phi) is 6.43. The molecule has 0 saturated heterocycles. The fourth-order valence-electron chi connectivity index (χ4n) is 3.30. The highest BCUT2D eigenvalue weighted by Crippen LogP contribution is 2.28. The molecule has 160 valence electrons. The van der Waals surface area contributed by atoms with Gasteiger partial charge in [0, 0.05) is 11.9 Å². The zero-order valence-electron chi connectivity index (χ0n) is 17.7. The first-order valence-corrected chi connectivity index (χ1v) is 10.7. The van der Waals surface area contributed by atoms with Crippen molar-refractivity contribution in [3.05, 3.63) is 76.6 Å². The van der Waals surface area contributed by atoms with Gasteiger partial charge >= 0.3 is 0 Å². The maximum Gasteiger partial charge on any atom is 0.190 e. The average molecular weight is 437 g/mol. The maximum absolute atomic E-state index is 5.66. The third-order valence-electron chi connectivity index (χ3n) is 4.94. The van der Waals surface area contributed by atoms with Gasteiger partial charge in [-0.2, -0.15) is 0 Å². The van der Waals surface area contributed by atoms with Gasteiger partial charge in [0.2, 0.25) is 0 Å². The molecule has 0 bridgehead atoms. The summed E-state index contributed by atoms with van der Waals surface area (Å²) in [6, 6.07) is 17.6. The van der Waals surface area contributed by atoms with Gasteiger partial charge in [-0.05, 0) is 60.5 Å². The molecule has 0 spiro atoms. The van der Waals surface area contributed by atoms with Crippen molar-refractivity contribution in [2.24, 2.45) is 4.99 Å². The van der Waals surface area contributed by atoms with Crippen LogP contribution in [0.1, 0.15) is 5.56 Å². The highest BCUT2D eigenvalue weighted by atomic mass is 32.1. The zero-order valence-corrected chi connectivity index (χ0v) is 18.5. The molecule has 0 unspecified atom stereocenters. The molecular formula is C24H24N2O4S. The van der Waals surface area contributed by atoms with Crippen LogP contribution in [-0.4, -0.2) is 25.9 Å². The average Bonchev–Trinajstić information content (AvgIpc) is 3.48. The molecule has 6 nitrogen and oxygen atoms in total. The summed E-state index contributed by atoms with van der Waals surface area (Å²) >= 11 is 1.59. The number of nitrogens with zero attached hydrogens (tertiary/aromatic N) is 2. The molecule has 4 aromatic rings. The Bertz CT molecular complexity index is 1190. The van der Waals surface area contributed by atoms with Gasteiger partial charge in [0.1, 0.15) is 5.75 Å². The first-order valence-electron chi connectivity index (χ1n) is 9.83. The molecule has 0 fully saturated rings. The Morgan fingerprint density at radius 3 is 2.42 bits per heavy atom. The van der Waals surface area contributed by atoms with Gasteiger partial charge < -0.3 is 23.2 Å². The molecule has 0 radical (unpaired) electrons. The van der Waals surface area contributed by atoms with Gasteiger partial charge in [0.15, 0.2) is 22.1 Å². The van der Waals surface area contributed by atoms with Crippen molar-refractivity contribution in [1.29, 1.82) is 0 Å². The molecule has 0 aliphatic carbocycles. The summed E-state index contributed by atoms with van der Waals surface area (Å²) in [7, 11) is 4.95.